The predicted octanol–water partition coefficient (Wildman–Crippen LogP) is 5.84. The predicted molar refractivity (Wildman–Crippen MR) is 164 cm³/mol. The van der Waals surface area contributed by atoms with E-state index in [2.05, 4.69) is 4.90 Å². The van der Waals surface area contributed by atoms with Crippen molar-refractivity contribution in [3.8, 4) is 0 Å². The zero-order valence-corrected chi connectivity index (χ0v) is 25.6. The van der Waals surface area contributed by atoms with Crippen molar-refractivity contribution in [1.82, 2.24) is 4.90 Å². The molecule has 1 atom stereocenters. The highest BCUT2D eigenvalue weighted by Gasteiger charge is 2.34. The molecule has 6 nitrogen and oxygen atoms in total. The van der Waals surface area contributed by atoms with E-state index in [-0.39, 0.29) is 22.3 Å². The topological polar surface area (TPSA) is 74.8 Å². The van der Waals surface area contributed by atoms with Gasteiger partial charge >= 0.3 is 0 Å². The van der Waals surface area contributed by atoms with E-state index >= 15 is 0 Å². The zero-order chi connectivity index (χ0) is 29.4. The monoisotopic (exact) mass is 616 g/mol. The maximum Gasteiger partial charge on any atom is 0.264 e. The summed E-state index contributed by atoms with van der Waals surface area (Å²) in [5.41, 5.74) is 4.11. The molecule has 0 N–H and O–H groups in total. The van der Waals surface area contributed by atoms with Crippen LogP contribution in [0.4, 0.5) is 10.1 Å². The smallest absolute Gasteiger partial charge is 0.264 e. The van der Waals surface area contributed by atoms with Crippen LogP contribution < -0.4 is 4.31 Å². The first-order valence-corrected chi connectivity index (χ1v) is 17.3. The van der Waals surface area contributed by atoms with Crippen molar-refractivity contribution in [1.29, 1.82) is 0 Å². The number of nitrogens with zero attached hydrogens (tertiary/aromatic N) is 2. The van der Waals surface area contributed by atoms with Gasteiger partial charge in [-0.2, -0.15) is 0 Å². The van der Waals surface area contributed by atoms with Crippen LogP contribution in [0.3, 0.4) is 0 Å². The standard InChI is InChI=1S/C31H34ClFN2O4S2/c1-22-5-3-6-27(17-22)41(38,39)35-21-25(11-12-34-13-15-40(36,37)16-14-34)19-26-10-9-24(20-30(26)35)18-23(2)31-28(32)7-4-8-29(31)33/h3-10,17-18,20,25H,11-16,19,21H2,1-2H3/b23-18+/t25-/m1/s1. The molecule has 218 valence electrons. The Hall–Kier alpha value is -2.72. The first-order chi connectivity index (χ1) is 19.4. The Kier molecular flexibility index (Phi) is 8.62. The Morgan fingerprint density at radius 2 is 1.80 bits per heavy atom. The van der Waals surface area contributed by atoms with Gasteiger partial charge in [-0.3, -0.25) is 4.31 Å². The normalized spacial score (nSPS) is 19.7. The van der Waals surface area contributed by atoms with E-state index in [0.29, 0.717) is 47.9 Å². The molecule has 2 heterocycles. The lowest BCUT2D eigenvalue weighted by Gasteiger charge is -2.37. The summed E-state index contributed by atoms with van der Waals surface area (Å²) in [6.07, 6.45) is 3.29. The average Bonchev–Trinajstić information content (AvgIpc) is 2.92. The third-order valence-corrected chi connectivity index (χ3v) is 11.6. The Bertz CT molecular complexity index is 1670. The van der Waals surface area contributed by atoms with Gasteiger partial charge in [-0.1, -0.05) is 48.0 Å². The number of aryl methyl sites for hydroxylation is 1. The number of sulfone groups is 1. The van der Waals surface area contributed by atoms with Crippen molar-refractivity contribution < 1.29 is 21.2 Å². The van der Waals surface area contributed by atoms with Gasteiger partial charge in [-0.15, -0.1) is 0 Å². The lowest BCUT2D eigenvalue weighted by Crippen LogP contribution is -2.43. The van der Waals surface area contributed by atoms with Gasteiger partial charge in [-0.05, 0) is 91.7 Å². The SMILES string of the molecule is C/C(=C\c1ccc2c(c1)N(S(=O)(=O)c1cccc(C)c1)C[C@H](CCN1CCS(=O)(=O)CC1)C2)c1c(F)cccc1Cl. The van der Waals surface area contributed by atoms with Crippen LogP contribution in [0.25, 0.3) is 11.6 Å². The highest BCUT2D eigenvalue weighted by molar-refractivity contribution is 7.92. The van der Waals surface area contributed by atoms with E-state index in [9.17, 15) is 21.2 Å². The zero-order valence-electron chi connectivity index (χ0n) is 23.2. The average molecular weight is 617 g/mol. The summed E-state index contributed by atoms with van der Waals surface area (Å²) in [5, 5.41) is 0.314. The molecule has 0 unspecified atom stereocenters. The van der Waals surface area contributed by atoms with Crippen molar-refractivity contribution in [3.63, 3.8) is 0 Å². The molecular formula is C31H34ClFN2O4S2. The maximum absolute atomic E-state index is 14.6. The minimum absolute atomic E-state index is 0.0703. The molecule has 1 saturated heterocycles. The molecule has 1 fully saturated rings. The van der Waals surface area contributed by atoms with Crippen LogP contribution in [0.2, 0.25) is 5.02 Å². The highest BCUT2D eigenvalue weighted by atomic mass is 35.5. The van der Waals surface area contributed by atoms with Crippen LogP contribution in [-0.4, -0.2) is 59.4 Å². The molecule has 3 aromatic carbocycles. The Balaban J connectivity index is 1.47. The number of anilines is 1. The molecule has 41 heavy (non-hydrogen) atoms. The molecule has 0 radical (unpaired) electrons. The number of hydrogen-bond donors (Lipinski definition) is 0. The summed E-state index contributed by atoms with van der Waals surface area (Å²) in [6, 6.07) is 17.2. The fourth-order valence-corrected chi connectivity index (χ4v) is 8.91. The van der Waals surface area contributed by atoms with E-state index in [1.165, 1.54) is 10.4 Å². The Morgan fingerprint density at radius 3 is 2.51 bits per heavy atom. The second kappa shape index (κ2) is 11.9. The molecule has 0 spiro atoms. The summed E-state index contributed by atoms with van der Waals surface area (Å²) in [7, 11) is -6.82. The maximum atomic E-state index is 14.6. The summed E-state index contributed by atoms with van der Waals surface area (Å²) < 4.78 is 67.8. The molecule has 10 heteroatoms. The number of sulfonamides is 1. The molecular weight excluding hydrogens is 583 g/mol. The van der Waals surface area contributed by atoms with Crippen LogP contribution in [-0.2, 0) is 26.3 Å². The van der Waals surface area contributed by atoms with E-state index in [4.69, 9.17) is 11.6 Å². The summed E-state index contributed by atoms with van der Waals surface area (Å²) >= 11 is 6.28. The minimum Gasteiger partial charge on any atom is -0.301 e. The van der Waals surface area contributed by atoms with Gasteiger partial charge < -0.3 is 4.90 Å². The molecule has 0 saturated carbocycles. The summed E-state index contributed by atoms with van der Waals surface area (Å²) in [4.78, 5) is 2.39. The summed E-state index contributed by atoms with van der Waals surface area (Å²) in [6.45, 7) is 5.71. The van der Waals surface area contributed by atoms with Crippen LogP contribution in [0.5, 0.6) is 0 Å². The van der Waals surface area contributed by atoms with E-state index in [1.807, 2.05) is 37.3 Å². The molecule has 0 bridgehead atoms. The molecule has 0 amide bonds. The van der Waals surface area contributed by atoms with Gasteiger partial charge in [0.05, 0.1) is 27.1 Å². The molecule has 5 rings (SSSR count). The van der Waals surface area contributed by atoms with Crippen LogP contribution in [0, 0.1) is 18.7 Å². The van der Waals surface area contributed by atoms with Crippen LogP contribution in [0.1, 0.15) is 35.6 Å². The number of allylic oxidation sites excluding steroid dienone is 1. The number of halogens is 2. The molecule has 2 aliphatic rings. The van der Waals surface area contributed by atoms with Gasteiger partial charge in [0.15, 0.2) is 9.84 Å². The first-order valence-electron chi connectivity index (χ1n) is 13.7. The third-order valence-electron chi connectivity index (χ3n) is 7.92. The molecule has 3 aromatic rings. The lowest BCUT2D eigenvalue weighted by atomic mass is 9.90. The number of benzene rings is 3. The largest absolute Gasteiger partial charge is 0.301 e. The molecule has 2 aliphatic heterocycles. The van der Waals surface area contributed by atoms with Crippen molar-refractivity contribution in [2.24, 2.45) is 5.92 Å². The van der Waals surface area contributed by atoms with Crippen LogP contribution >= 0.6 is 11.6 Å². The van der Waals surface area contributed by atoms with Crippen molar-refractivity contribution in [2.45, 2.75) is 31.6 Å². The number of hydrogen-bond acceptors (Lipinski definition) is 5. The van der Waals surface area contributed by atoms with Crippen molar-refractivity contribution in [2.75, 3.05) is 42.0 Å². The summed E-state index contributed by atoms with van der Waals surface area (Å²) in [5.74, 6) is -0.00683. The van der Waals surface area contributed by atoms with E-state index in [1.54, 1.807) is 37.3 Å². The van der Waals surface area contributed by atoms with E-state index in [0.717, 1.165) is 29.7 Å². The molecule has 0 aliphatic carbocycles. The van der Waals surface area contributed by atoms with Crippen LogP contribution in [0.15, 0.2) is 65.6 Å². The first kappa shape index (κ1) is 29.8. The number of rotatable bonds is 7. The van der Waals surface area contributed by atoms with Gasteiger partial charge in [0.1, 0.15) is 5.82 Å². The second-order valence-corrected chi connectivity index (χ2v) is 15.6. The minimum atomic E-state index is -3.86. The van der Waals surface area contributed by atoms with Gasteiger partial charge in [0.25, 0.3) is 10.0 Å². The van der Waals surface area contributed by atoms with Crippen molar-refractivity contribution in [3.05, 3.63) is 93.8 Å². The quantitative estimate of drug-likeness (QED) is 0.312. The Morgan fingerprint density at radius 1 is 1.07 bits per heavy atom. The molecule has 0 aromatic heterocycles. The highest BCUT2D eigenvalue weighted by Crippen LogP contribution is 2.37. The van der Waals surface area contributed by atoms with E-state index < -0.39 is 25.7 Å². The fourth-order valence-electron chi connectivity index (χ4n) is 5.64. The van der Waals surface area contributed by atoms with Gasteiger partial charge in [-0.25, -0.2) is 21.2 Å². The fraction of sp³-hybridized carbons (Fsp3) is 0.355. The number of fused-ring (bicyclic) bond motifs is 1. The third kappa shape index (κ3) is 6.69. The van der Waals surface area contributed by atoms with Gasteiger partial charge in [0, 0.05) is 25.2 Å². The lowest BCUT2D eigenvalue weighted by molar-refractivity contribution is 0.268. The van der Waals surface area contributed by atoms with Crippen molar-refractivity contribution >= 4 is 48.8 Å². The Labute approximate surface area is 247 Å². The second-order valence-electron chi connectivity index (χ2n) is 11.0. The van der Waals surface area contributed by atoms with Gasteiger partial charge in [0.2, 0.25) is 0 Å².